The van der Waals surface area contributed by atoms with Crippen molar-refractivity contribution in [2.45, 2.75) is 145 Å². The van der Waals surface area contributed by atoms with Crippen LogP contribution in [0.1, 0.15) is 73.8 Å². The van der Waals surface area contributed by atoms with Crippen molar-refractivity contribution in [2.75, 3.05) is 44.8 Å². The van der Waals surface area contributed by atoms with Gasteiger partial charge < -0.3 is 110 Å². The van der Waals surface area contributed by atoms with Crippen molar-refractivity contribution in [3.63, 3.8) is 0 Å². The number of hydrogen-bond acceptors (Lipinski definition) is 20. The van der Waals surface area contributed by atoms with Crippen LogP contribution in [0.25, 0.3) is 10.9 Å². The highest BCUT2D eigenvalue weighted by Gasteiger charge is 2.39. The fourth-order valence-electron chi connectivity index (χ4n) is 12.6. The molecule has 3 aromatic carbocycles. The number of benzene rings is 3. The molecule has 0 bridgehead atoms. The van der Waals surface area contributed by atoms with E-state index in [1.54, 1.807) is 124 Å². The molecule has 0 aliphatic carbocycles. The number of fused-ring (bicyclic) bond motifs is 1. The number of H-pyrrole nitrogens is 3. The Labute approximate surface area is 671 Å². The number of aliphatic hydroxyl groups excluding tert-OH is 1. The second-order valence-corrected chi connectivity index (χ2v) is 29.1. The molecule has 1 fully saturated rings. The Hall–Kier alpha value is -13.0. The molecule has 11 atom stereocenters. The van der Waals surface area contributed by atoms with Crippen LogP contribution in [0.2, 0.25) is 0 Å². The smallest absolute Gasteiger partial charge is 0.245 e. The van der Waals surface area contributed by atoms with Crippen LogP contribution in [-0.2, 0) is 113 Å². The second-order valence-electron chi connectivity index (χ2n) is 28.0. The van der Waals surface area contributed by atoms with E-state index in [0.717, 1.165) is 16.7 Å². The van der Waals surface area contributed by atoms with Gasteiger partial charge in [-0.3, -0.25) is 72.5 Å². The first-order valence-electron chi connectivity index (χ1n) is 37.5. The van der Waals surface area contributed by atoms with Gasteiger partial charge in [-0.15, -0.1) is 11.8 Å². The summed E-state index contributed by atoms with van der Waals surface area (Å²) in [6.45, 7) is 2.19. The number of amides is 14. The molecule has 0 spiro atoms. The third-order valence-corrected chi connectivity index (χ3v) is 20.0. The molecule has 116 heavy (non-hydrogen) atoms. The number of rotatable bonds is 22. The van der Waals surface area contributed by atoms with E-state index in [2.05, 4.69) is 99.0 Å². The van der Waals surface area contributed by atoms with Gasteiger partial charge in [-0.1, -0.05) is 99.6 Å². The van der Waals surface area contributed by atoms with Crippen LogP contribution >= 0.6 is 11.8 Å². The minimum absolute atomic E-state index is 0.00123. The Bertz CT molecular complexity index is 4540. The van der Waals surface area contributed by atoms with Gasteiger partial charge in [0.05, 0.1) is 55.8 Å². The van der Waals surface area contributed by atoms with Crippen LogP contribution in [0.5, 0.6) is 0 Å². The fourth-order valence-corrected chi connectivity index (χ4v) is 13.5. The van der Waals surface area contributed by atoms with E-state index >= 15 is 14.4 Å². The van der Waals surface area contributed by atoms with Gasteiger partial charge in [0.15, 0.2) is 5.96 Å². The van der Waals surface area contributed by atoms with Gasteiger partial charge in [-0.05, 0) is 47.9 Å². The Morgan fingerprint density at radius 3 is 1.72 bits per heavy atom. The number of carbonyl (C=O) groups is 14. The van der Waals surface area contributed by atoms with Crippen LogP contribution in [0.15, 0.2) is 129 Å². The summed E-state index contributed by atoms with van der Waals surface area (Å²) in [4.78, 5) is 225. The number of primary amides is 1. The van der Waals surface area contributed by atoms with E-state index in [1.165, 1.54) is 44.6 Å². The molecular formula is C76H100N24O15S. The number of aromatic nitrogens is 7. The zero-order chi connectivity index (χ0) is 84.0. The lowest BCUT2D eigenvalue weighted by atomic mass is 9.99. The Morgan fingerprint density at radius 1 is 0.586 bits per heavy atom. The van der Waals surface area contributed by atoms with E-state index in [1.807, 2.05) is 0 Å². The Balaban J connectivity index is 1.16. The van der Waals surface area contributed by atoms with Crippen molar-refractivity contribution >= 4 is 111 Å². The van der Waals surface area contributed by atoms with Gasteiger partial charge in [0.2, 0.25) is 82.7 Å². The maximum absolute atomic E-state index is 15.2. The number of likely N-dealkylation sites (N-methyl/N-ethyl adjacent to an activating group) is 1. The number of guanidine groups is 1. The normalized spacial score (nSPS) is 22.4. The SMILES string of the molecule is CCC1NC(=O)C(Cc2c[nH]cn2)NC(=O)C(Cc2ccccc2)N(C)C(=O)C(CCCNC(=N)N)NC(=O)C(CO)NC(=O)CNC(=O)C(Cc2c[nH]cn2)NC(=O)C(Cc2c[nH]c3ccccc23)NC(=O)C(C(C)C)NC(=O)C(Cc2ccccc2)NC(=O)CSCC(C(=O)NCC(N)=O)NC(=O)C(Cc2cncn2C)NC1=O. The predicted octanol–water partition coefficient (Wildman–Crippen LogP) is -4.44. The number of para-hydroxylation sites is 1. The summed E-state index contributed by atoms with van der Waals surface area (Å²) in [5.41, 5.74) is 14.3. The van der Waals surface area contributed by atoms with E-state index < -0.39 is 186 Å². The summed E-state index contributed by atoms with van der Waals surface area (Å²) < 4.78 is 1.56. The highest BCUT2D eigenvalue weighted by atomic mass is 32.2. The largest absolute Gasteiger partial charge is 0.394 e. The number of hydrogen-bond donors (Lipinski definition) is 20. The summed E-state index contributed by atoms with van der Waals surface area (Å²) in [6, 6.07) is 7.27. The third kappa shape index (κ3) is 26.8. The zero-order valence-corrected chi connectivity index (χ0v) is 65.4. The molecule has 1 aliphatic heterocycles. The lowest BCUT2D eigenvalue weighted by molar-refractivity contribution is -0.143. The molecular weight excluding hydrogens is 1520 g/mol. The van der Waals surface area contributed by atoms with Crippen LogP contribution in [0.4, 0.5) is 0 Å². The summed E-state index contributed by atoms with van der Waals surface area (Å²) in [6.07, 6.45) is 8.35. The number of nitrogens with two attached hydrogens (primary N) is 2. The maximum atomic E-state index is 15.2. The number of carbonyl (C=O) groups excluding carboxylic acids is 14. The minimum Gasteiger partial charge on any atom is -0.394 e. The van der Waals surface area contributed by atoms with E-state index in [0.29, 0.717) is 33.3 Å². The first kappa shape index (κ1) is 88.6. The quantitative estimate of drug-likeness (QED) is 0.0173. The fraction of sp³-hybridized carbons (Fsp3) is 0.421. The molecule has 14 amide bonds. The van der Waals surface area contributed by atoms with Crippen LogP contribution in [0, 0.1) is 11.3 Å². The predicted molar refractivity (Wildman–Crippen MR) is 424 cm³/mol. The molecule has 7 aromatic rings. The van der Waals surface area contributed by atoms with Crippen LogP contribution in [-0.4, -0.2) is 244 Å². The van der Waals surface area contributed by atoms with Gasteiger partial charge in [0, 0.05) is 106 Å². The molecule has 0 radical (unpaired) electrons. The van der Waals surface area contributed by atoms with E-state index in [-0.39, 0.29) is 81.5 Å². The number of imidazole rings is 3. The van der Waals surface area contributed by atoms with Crippen LogP contribution < -0.4 is 80.6 Å². The zero-order valence-electron chi connectivity index (χ0n) is 64.6. The summed E-state index contributed by atoms with van der Waals surface area (Å²) in [5, 5.41) is 53.2. The van der Waals surface area contributed by atoms with Gasteiger partial charge in [-0.2, -0.15) is 0 Å². The van der Waals surface area contributed by atoms with Crippen molar-refractivity contribution in [3.05, 3.63) is 162 Å². The number of nitrogens with one attached hydrogen (secondary N) is 17. The summed E-state index contributed by atoms with van der Waals surface area (Å²) in [5.74, 6) is -15.0. The lowest BCUT2D eigenvalue weighted by Gasteiger charge is -2.33. The van der Waals surface area contributed by atoms with Crippen molar-refractivity contribution in [1.29, 1.82) is 5.41 Å². The Morgan fingerprint density at radius 2 is 1.12 bits per heavy atom. The minimum atomic E-state index is -1.81. The van der Waals surface area contributed by atoms with Gasteiger partial charge >= 0.3 is 0 Å². The molecule has 22 N–H and O–H groups in total. The number of aromatic amines is 3. The van der Waals surface area contributed by atoms with E-state index in [9.17, 15) is 57.8 Å². The Kier molecular flexibility index (Phi) is 33.5. The number of nitrogens with zero attached hydrogens (tertiary/aromatic N) is 5. The maximum Gasteiger partial charge on any atom is 0.245 e. The molecule has 0 saturated carbocycles. The van der Waals surface area contributed by atoms with Crippen molar-refractivity contribution in [2.24, 2.45) is 24.4 Å². The summed E-state index contributed by atoms with van der Waals surface area (Å²) >= 11 is 0.824. The summed E-state index contributed by atoms with van der Waals surface area (Å²) in [7, 11) is 2.90. The molecule has 39 nitrogen and oxygen atoms in total. The molecule has 1 saturated heterocycles. The van der Waals surface area contributed by atoms with E-state index in [4.69, 9.17) is 16.9 Å². The average Bonchev–Trinajstić information content (AvgIpc) is 1.70. The van der Waals surface area contributed by atoms with Crippen LogP contribution in [0.3, 0.4) is 0 Å². The lowest BCUT2D eigenvalue weighted by Crippen LogP contribution is -2.61. The molecule has 8 rings (SSSR count). The number of aryl methyl sites for hydroxylation is 1. The van der Waals surface area contributed by atoms with Gasteiger partial charge in [0.25, 0.3) is 0 Å². The first-order valence-corrected chi connectivity index (χ1v) is 38.7. The topological polar surface area (TPSA) is 586 Å². The second kappa shape index (κ2) is 43.9. The van der Waals surface area contributed by atoms with Gasteiger partial charge in [0.1, 0.15) is 66.5 Å². The molecule has 5 heterocycles. The number of thioether (sulfide) groups is 1. The highest BCUT2D eigenvalue weighted by Crippen LogP contribution is 2.21. The molecule has 620 valence electrons. The third-order valence-electron chi connectivity index (χ3n) is 19.0. The molecule has 4 aromatic heterocycles. The molecule has 1 aliphatic rings. The monoisotopic (exact) mass is 1620 g/mol. The highest BCUT2D eigenvalue weighted by molar-refractivity contribution is 8.00. The molecule has 40 heteroatoms. The standard InChI is InChI=1S/C76H100N24O15S/c1-6-50-67(107)94-57(29-48-33-82-41-99(48)4)70(110)97-59(66(106)85-34-61(77)102)37-116-38-63(104)89-53(24-43-16-9-7-10-17-43)71(111)98-64(42(2)3)74(114)96-54(26-45-30-84-51-21-14-13-20-49(45)51)68(108)93-55(27-46-31-80-39-87-46)65(105)86-35-62(103)90-58(36-101)72(112)92-52(22-15-23-83-76(78)79)75(115)100(5)60(25-44-18-11-8-12-19-44)73(113)95-56(69(109)91-50)28-47-32-81-40-88-47/h7-14,16-21,30-33,39-42,50,52-60,64,84,101H,6,15,22-29,34-38H2,1-5H3,(H2,77,102)(H,80,87)(H,81,88)(H,85,106)(H,86,105)(H,89,104)(H,90,103)(H,91,109)(H,92,112)(H,93,108)(H,94,107)(H,95,113)(H,96,114)(H,97,110)(H,98,111)(H4,78,79,83). The van der Waals surface area contributed by atoms with Crippen molar-refractivity contribution in [1.82, 2.24) is 108 Å². The molecule has 11 unspecified atom stereocenters. The average molecular weight is 1620 g/mol. The van der Waals surface area contributed by atoms with Crippen molar-refractivity contribution < 1.29 is 72.2 Å². The number of aliphatic hydroxyl groups is 1. The van der Waals surface area contributed by atoms with Gasteiger partial charge in [-0.25, -0.2) is 15.0 Å². The van der Waals surface area contributed by atoms with Crippen molar-refractivity contribution in [3.8, 4) is 0 Å². The first-order chi connectivity index (χ1) is 55.6.